The van der Waals surface area contributed by atoms with Gasteiger partial charge in [0, 0.05) is 29.2 Å². The van der Waals surface area contributed by atoms with Crippen molar-refractivity contribution < 1.29 is 0 Å². The molecule has 0 spiro atoms. The van der Waals surface area contributed by atoms with Crippen LogP contribution >= 0.6 is 35.0 Å². The lowest BCUT2D eigenvalue weighted by Crippen LogP contribution is -1.98. The molecule has 0 fully saturated rings. The summed E-state index contributed by atoms with van der Waals surface area (Å²) >= 11 is 13.7. The van der Waals surface area contributed by atoms with Crippen LogP contribution in [0.2, 0.25) is 10.0 Å². The SMILES string of the molecule is CSc1nncn1/N=C\c1cn(Cc2ccc(Cl)c(Cl)c2)c2ccccc12. The molecule has 27 heavy (non-hydrogen) atoms. The van der Waals surface area contributed by atoms with Crippen molar-refractivity contribution in [2.24, 2.45) is 5.10 Å². The maximum absolute atomic E-state index is 6.16. The van der Waals surface area contributed by atoms with Gasteiger partial charge in [0.25, 0.3) is 0 Å². The number of thioether (sulfide) groups is 1. The highest BCUT2D eigenvalue weighted by molar-refractivity contribution is 7.98. The molecular formula is C19H15Cl2N5S. The number of rotatable bonds is 5. The molecule has 0 amide bonds. The molecule has 2 aromatic heterocycles. The Morgan fingerprint density at radius 3 is 2.81 bits per heavy atom. The Hall–Kier alpha value is -2.28. The number of aromatic nitrogens is 4. The summed E-state index contributed by atoms with van der Waals surface area (Å²) in [6, 6.07) is 13.9. The first-order valence-corrected chi connectivity index (χ1v) is 10.1. The van der Waals surface area contributed by atoms with Gasteiger partial charge in [-0.05, 0) is 30.0 Å². The van der Waals surface area contributed by atoms with Gasteiger partial charge in [0.2, 0.25) is 5.16 Å². The van der Waals surface area contributed by atoms with Crippen molar-refractivity contribution in [1.82, 2.24) is 19.4 Å². The molecule has 0 radical (unpaired) electrons. The van der Waals surface area contributed by atoms with Gasteiger partial charge in [-0.1, -0.05) is 59.2 Å². The van der Waals surface area contributed by atoms with Crippen LogP contribution in [-0.2, 0) is 6.54 Å². The molecule has 5 nitrogen and oxygen atoms in total. The monoisotopic (exact) mass is 415 g/mol. The Bertz CT molecular complexity index is 1130. The van der Waals surface area contributed by atoms with Crippen LogP contribution in [0.4, 0.5) is 0 Å². The minimum atomic E-state index is 0.559. The van der Waals surface area contributed by atoms with Crippen LogP contribution in [-0.4, -0.2) is 31.9 Å². The molecule has 0 aliphatic rings. The third-order valence-electron chi connectivity index (χ3n) is 4.16. The summed E-state index contributed by atoms with van der Waals surface area (Å²) in [7, 11) is 0. The number of hydrogen-bond acceptors (Lipinski definition) is 4. The minimum Gasteiger partial charge on any atom is -0.342 e. The largest absolute Gasteiger partial charge is 0.342 e. The zero-order valence-corrected chi connectivity index (χ0v) is 16.7. The quantitative estimate of drug-likeness (QED) is 0.332. The summed E-state index contributed by atoms with van der Waals surface area (Å²) in [5.41, 5.74) is 3.22. The average Bonchev–Trinajstić information content (AvgIpc) is 3.27. The highest BCUT2D eigenvalue weighted by Crippen LogP contribution is 2.25. The average molecular weight is 416 g/mol. The van der Waals surface area contributed by atoms with Crippen molar-refractivity contribution in [1.29, 1.82) is 0 Å². The van der Waals surface area contributed by atoms with Gasteiger partial charge in [0.1, 0.15) is 6.33 Å². The topological polar surface area (TPSA) is 48.0 Å². The fourth-order valence-electron chi connectivity index (χ4n) is 2.90. The first-order chi connectivity index (χ1) is 13.2. The first kappa shape index (κ1) is 18.1. The second kappa shape index (κ2) is 7.76. The zero-order valence-electron chi connectivity index (χ0n) is 14.4. The van der Waals surface area contributed by atoms with Gasteiger partial charge in [-0.25, -0.2) is 0 Å². The maximum Gasteiger partial charge on any atom is 0.211 e. The molecule has 0 aliphatic carbocycles. The van der Waals surface area contributed by atoms with Gasteiger partial charge in [0.15, 0.2) is 0 Å². The summed E-state index contributed by atoms with van der Waals surface area (Å²) < 4.78 is 3.84. The van der Waals surface area contributed by atoms with E-state index >= 15 is 0 Å². The third kappa shape index (κ3) is 3.74. The van der Waals surface area contributed by atoms with Crippen molar-refractivity contribution in [3.63, 3.8) is 0 Å². The molecule has 8 heteroatoms. The minimum absolute atomic E-state index is 0.559. The molecule has 0 saturated carbocycles. The standard InChI is InChI=1S/C19H15Cl2N5S/c1-27-19-24-22-12-26(19)23-9-14-11-25(18-5-3-2-4-15(14)18)10-13-6-7-16(20)17(21)8-13/h2-9,11-12H,10H2,1H3/b23-9-. The van der Waals surface area contributed by atoms with Gasteiger partial charge in [0.05, 0.1) is 16.3 Å². The lowest BCUT2D eigenvalue weighted by Gasteiger charge is -2.06. The van der Waals surface area contributed by atoms with E-state index in [0.717, 1.165) is 27.2 Å². The highest BCUT2D eigenvalue weighted by atomic mass is 35.5. The van der Waals surface area contributed by atoms with Crippen molar-refractivity contribution in [3.8, 4) is 0 Å². The number of halogens is 2. The molecular weight excluding hydrogens is 401 g/mol. The first-order valence-electron chi connectivity index (χ1n) is 8.16. The molecule has 0 unspecified atom stereocenters. The Morgan fingerprint density at radius 2 is 2.00 bits per heavy atom. The van der Waals surface area contributed by atoms with Crippen LogP contribution in [0.1, 0.15) is 11.1 Å². The van der Waals surface area contributed by atoms with Crippen LogP contribution < -0.4 is 0 Å². The maximum atomic E-state index is 6.16. The molecule has 4 aromatic rings. The van der Waals surface area contributed by atoms with Crippen molar-refractivity contribution in [3.05, 3.63) is 76.2 Å². The summed E-state index contributed by atoms with van der Waals surface area (Å²) in [4.78, 5) is 0. The molecule has 0 atom stereocenters. The van der Waals surface area contributed by atoms with Gasteiger partial charge in [-0.3, -0.25) is 0 Å². The van der Waals surface area contributed by atoms with E-state index in [2.05, 4.69) is 38.2 Å². The zero-order chi connectivity index (χ0) is 18.8. The van der Waals surface area contributed by atoms with Gasteiger partial charge >= 0.3 is 0 Å². The second-order valence-electron chi connectivity index (χ2n) is 5.88. The van der Waals surface area contributed by atoms with Crippen molar-refractivity contribution in [2.45, 2.75) is 11.7 Å². The van der Waals surface area contributed by atoms with Crippen LogP contribution in [0.25, 0.3) is 10.9 Å². The fraction of sp³-hybridized carbons (Fsp3) is 0.105. The number of fused-ring (bicyclic) bond motifs is 1. The summed E-state index contributed by atoms with van der Waals surface area (Å²) in [5, 5.41) is 15.4. The van der Waals surface area contributed by atoms with E-state index in [-0.39, 0.29) is 0 Å². The van der Waals surface area contributed by atoms with E-state index in [1.807, 2.05) is 42.8 Å². The fourth-order valence-corrected chi connectivity index (χ4v) is 3.63. The molecule has 0 N–H and O–H groups in total. The van der Waals surface area contributed by atoms with Crippen molar-refractivity contribution >= 4 is 52.1 Å². The number of benzene rings is 2. The van der Waals surface area contributed by atoms with Crippen LogP contribution in [0.3, 0.4) is 0 Å². The molecule has 136 valence electrons. The Kier molecular flexibility index (Phi) is 5.20. The van der Waals surface area contributed by atoms with Crippen LogP contribution in [0.5, 0.6) is 0 Å². The lowest BCUT2D eigenvalue weighted by atomic mass is 10.2. The third-order valence-corrected chi connectivity index (χ3v) is 5.53. The van der Waals surface area contributed by atoms with E-state index in [0.29, 0.717) is 16.6 Å². The summed E-state index contributed by atoms with van der Waals surface area (Å²) in [5.74, 6) is 0. The number of nitrogens with zero attached hydrogens (tertiary/aromatic N) is 5. The van der Waals surface area contributed by atoms with E-state index in [4.69, 9.17) is 23.2 Å². The van der Waals surface area contributed by atoms with E-state index < -0.39 is 0 Å². The number of para-hydroxylation sites is 1. The van der Waals surface area contributed by atoms with Crippen LogP contribution in [0, 0.1) is 0 Å². The predicted molar refractivity (Wildman–Crippen MR) is 112 cm³/mol. The summed E-state index contributed by atoms with van der Waals surface area (Å²) in [6.45, 7) is 0.688. The number of hydrogen-bond donors (Lipinski definition) is 0. The Balaban J connectivity index is 1.71. The molecule has 0 aliphatic heterocycles. The smallest absolute Gasteiger partial charge is 0.211 e. The highest BCUT2D eigenvalue weighted by Gasteiger charge is 2.09. The molecule has 2 heterocycles. The summed E-state index contributed by atoms with van der Waals surface area (Å²) in [6.07, 6.45) is 7.45. The Morgan fingerprint density at radius 1 is 1.15 bits per heavy atom. The molecule has 4 rings (SSSR count). The van der Waals surface area contributed by atoms with E-state index in [9.17, 15) is 0 Å². The van der Waals surface area contributed by atoms with Crippen molar-refractivity contribution in [2.75, 3.05) is 6.26 Å². The van der Waals surface area contributed by atoms with Gasteiger partial charge in [-0.2, -0.15) is 9.78 Å². The second-order valence-corrected chi connectivity index (χ2v) is 7.47. The van der Waals surface area contributed by atoms with E-state index in [1.54, 1.807) is 11.0 Å². The normalized spacial score (nSPS) is 11.7. The Labute approximate surface area is 170 Å². The molecule has 2 aromatic carbocycles. The molecule has 0 bridgehead atoms. The predicted octanol–water partition coefficient (Wildman–Crippen LogP) is 5.19. The van der Waals surface area contributed by atoms with Gasteiger partial charge in [-0.15, -0.1) is 10.2 Å². The lowest BCUT2D eigenvalue weighted by molar-refractivity contribution is 0.768. The molecule has 0 saturated heterocycles. The van der Waals surface area contributed by atoms with Gasteiger partial charge < -0.3 is 4.57 Å². The van der Waals surface area contributed by atoms with E-state index in [1.165, 1.54) is 11.8 Å². The van der Waals surface area contributed by atoms with Crippen LogP contribution in [0.15, 0.2) is 65.2 Å².